The number of methoxy groups -OCH3 is 1. The first-order valence-electron chi connectivity index (χ1n) is 4.14. The second-order valence-electron chi connectivity index (χ2n) is 2.59. The number of carbonyl (C=O) groups excluding carboxylic acids is 1. The van der Waals surface area contributed by atoms with Gasteiger partial charge in [-0.25, -0.2) is 9.78 Å². The van der Waals surface area contributed by atoms with E-state index < -0.39 is 5.97 Å². The van der Waals surface area contributed by atoms with Crippen molar-refractivity contribution < 1.29 is 9.53 Å². The molecule has 82 valence electrons. The van der Waals surface area contributed by atoms with Crippen LogP contribution in [-0.2, 0) is 9.53 Å². The molecule has 0 unspecified atom stereocenters. The summed E-state index contributed by atoms with van der Waals surface area (Å²) in [6, 6.07) is 3.27. The van der Waals surface area contributed by atoms with Crippen LogP contribution >= 0.6 is 11.6 Å². The summed E-state index contributed by atoms with van der Waals surface area (Å²) in [5.74, 6) is -0.738. The van der Waals surface area contributed by atoms with E-state index in [0.717, 1.165) is 0 Å². The summed E-state index contributed by atoms with van der Waals surface area (Å²) in [6.45, 7) is 0. The van der Waals surface area contributed by atoms with Gasteiger partial charge in [0, 0.05) is 16.7 Å². The zero-order valence-electron chi connectivity index (χ0n) is 8.29. The molecule has 0 fully saturated rings. The molecule has 16 heavy (non-hydrogen) atoms. The predicted octanol–water partition coefficient (Wildman–Crippen LogP) is 2.56. The second kappa shape index (κ2) is 5.75. The van der Waals surface area contributed by atoms with Crippen molar-refractivity contribution in [3.8, 4) is 0 Å². The Balaban J connectivity index is 3.17. The maximum Gasteiger partial charge on any atom is 0.340 e. The van der Waals surface area contributed by atoms with Gasteiger partial charge < -0.3 is 4.74 Å². The summed E-state index contributed by atoms with van der Waals surface area (Å²) in [5.41, 5.74) is 8.58. The lowest BCUT2D eigenvalue weighted by molar-refractivity contribution is -0.136. The molecule has 6 nitrogen and oxygen atoms in total. The molecule has 1 heterocycles. The number of carbonyl (C=O) groups is 1. The van der Waals surface area contributed by atoms with Crippen LogP contribution in [0.25, 0.3) is 16.5 Å². The van der Waals surface area contributed by atoms with Crippen LogP contribution in [-0.4, -0.2) is 18.1 Å². The van der Waals surface area contributed by atoms with Crippen molar-refractivity contribution in [3.05, 3.63) is 45.2 Å². The van der Waals surface area contributed by atoms with Crippen molar-refractivity contribution >= 4 is 23.6 Å². The van der Waals surface area contributed by atoms with Gasteiger partial charge in [0.2, 0.25) is 0 Å². The first kappa shape index (κ1) is 12.0. The first-order valence-corrected chi connectivity index (χ1v) is 4.52. The highest BCUT2D eigenvalue weighted by atomic mass is 35.5. The number of halogens is 1. The van der Waals surface area contributed by atoms with Gasteiger partial charge in [-0.2, -0.15) is 0 Å². The lowest BCUT2D eigenvalue weighted by Gasteiger charge is -1.99. The van der Waals surface area contributed by atoms with Crippen molar-refractivity contribution in [1.29, 1.82) is 0 Å². The normalized spacial score (nSPS) is 10.5. The lowest BCUT2D eigenvalue weighted by Crippen LogP contribution is -2.02. The van der Waals surface area contributed by atoms with Crippen LogP contribution in [0, 0.1) is 0 Å². The Labute approximate surface area is 96.1 Å². The third kappa shape index (κ3) is 2.98. The fraction of sp³-hybridized carbons (Fsp3) is 0.111. The van der Waals surface area contributed by atoms with E-state index in [4.69, 9.17) is 17.1 Å². The molecule has 0 aliphatic rings. The van der Waals surface area contributed by atoms with Gasteiger partial charge >= 0.3 is 5.97 Å². The standard InChI is InChI=1S/C9H7ClN4O2/c1-16-9(15)7(13-14-11)5-6-3-2-4-12-8(6)10/h2-5H,1H3/b7-5-. The minimum atomic E-state index is -0.738. The first-order chi connectivity index (χ1) is 7.69. The van der Waals surface area contributed by atoms with Gasteiger partial charge in [-0.05, 0) is 17.7 Å². The molecule has 0 amide bonds. The number of azide groups is 1. The third-order valence-corrected chi connectivity index (χ3v) is 1.94. The molecule has 0 aliphatic carbocycles. The Morgan fingerprint density at radius 1 is 1.75 bits per heavy atom. The Hall–Kier alpha value is -2.04. The molecule has 0 radical (unpaired) electrons. The lowest BCUT2D eigenvalue weighted by atomic mass is 10.2. The smallest absolute Gasteiger partial charge is 0.340 e. The Morgan fingerprint density at radius 3 is 3.06 bits per heavy atom. The summed E-state index contributed by atoms with van der Waals surface area (Å²) in [6.07, 6.45) is 2.81. The van der Waals surface area contributed by atoms with E-state index in [1.807, 2.05) is 0 Å². The van der Waals surface area contributed by atoms with Gasteiger partial charge in [0.15, 0.2) is 0 Å². The molecule has 0 aliphatic heterocycles. The minimum Gasteiger partial charge on any atom is -0.466 e. The average molecular weight is 239 g/mol. The van der Waals surface area contributed by atoms with Crippen LogP contribution in [0.15, 0.2) is 29.1 Å². The highest BCUT2D eigenvalue weighted by Gasteiger charge is 2.08. The Kier molecular flexibility index (Phi) is 4.32. The quantitative estimate of drug-likeness (QED) is 0.202. The molecule has 1 rings (SSSR count). The molecular weight excluding hydrogens is 232 g/mol. The molecule has 0 aromatic carbocycles. The average Bonchev–Trinajstić information content (AvgIpc) is 2.30. The maximum atomic E-state index is 11.2. The number of ether oxygens (including phenoxy) is 1. The topological polar surface area (TPSA) is 88.0 Å². The summed E-state index contributed by atoms with van der Waals surface area (Å²) in [7, 11) is 1.19. The van der Waals surface area contributed by atoms with E-state index in [9.17, 15) is 4.79 Å². The molecule has 0 spiro atoms. The van der Waals surface area contributed by atoms with Crippen molar-refractivity contribution in [3.63, 3.8) is 0 Å². The van der Waals surface area contributed by atoms with Crippen molar-refractivity contribution in [2.24, 2.45) is 5.11 Å². The van der Waals surface area contributed by atoms with E-state index >= 15 is 0 Å². The monoisotopic (exact) mass is 238 g/mol. The minimum absolute atomic E-state index is 0.181. The van der Waals surface area contributed by atoms with Gasteiger partial charge in [-0.15, -0.1) is 0 Å². The van der Waals surface area contributed by atoms with Crippen molar-refractivity contribution in [2.75, 3.05) is 7.11 Å². The molecule has 0 bridgehead atoms. The maximum absolute atomic E-state index is 11.2. The molecule has 1 aromatic rings. The van der Waals surface area contributed by atoms with E-state index in [0.29, 0.717) is 5.56 Å². The number of aromatic nitrogens is 1. The number of pyridine rings is 1. The third-order valence-electron chi connectivity index (χ3n) is 1.63. The predicted molar refractivity (Wildman–Crippen MR) is 58.4 cm³/mol. The van der Waals surface area contributed by atoms with Gasteiger partial charge in [0.05, 0.1) is 7.11 Å². The van der Waals surface area contributed by atoms with Crippen LogP contribution < -0.4 is 0 Å². The van der Waals surface area contributed by atoms with Gasteiger partial charge in [0.25, 0.3) is 0 Å². The molecular formula is C9H7ClN4O2. The number of hydrogen-bond donors (Lipinski definition) is 0. The fourth-order valence-corrected chi connectivity index (χ4v) is 1.11. The summed E-state index contributed by atoms with van der Waals surface area (Å²) in [4.78, 5) is 17.5. The van der Waals surface area contributed by atoms with E-state index in [1.165, 1.54) is 19.4 Å². The van der Waals surface area contributed by atoms with Crippen LogP contribution in [0.1, 0.15) is 5.56 Å². The van der Waals surface area contributed by atoms with E-state index in [1.54, 1.807) is 12.1 Å². The van der Waals surface area contributed by atoms with Gasteiger partial charge in [0.1, 0.15) is 10.9 Å². The van der Waals surface area contributed by atoms with Crippen molar-refractivity contribution in [1.82, 2.24) is 4.98 Å². The van der Waals surface area contributed by atoms with Crippen LogP contribution in [0.4, 0.5) is 0 Å². The van der Waals surface area contributed by atoms with Crippen molar-refractivity contribution in [2.45, 2.75) is 0 Å². The highest BCUT2D eigenvalue weighted by molar-refractivity contribution is 6.30. The largest absolute Gasteiger partial charge is 0.466 e. The zero-order valence-corrected chi connectivity index (χ0v) is 9.05. The van der Waals surface area contributed by atoms with Gasteiger partial charge in [-0.3, -0.25) is 0 Å². The van der Waals surface area contributed by atoms with E-state index in [2.05, 4.69) is 19.7 Å². The molecule has 7 heteroatoms. The number of esters is 1. The van der Waals surface area contributed by atoms with Crippen LogP contribution in [0.2, 0.25) is 5.15 Å². The fourth-order valence-electron chi connectivity index (χ4n) is 0.935. The highest BCUT2D eigenvalue weighted by Crippen LogP contribution is 2.16. The molecule has 0 N–H and O–H groups in total. The number of nitrogens with zero attached hydrogens (tertiary/aromatic N) is 4. The Bertz CT molecular complexity index is 480. The molecule has 0 saturated carbocycles. The summed E-state index contributed by atoms with van der Waals surface area (Å²) < 4.78 is 4.44. The van der Waals surface area contributed by atoms with Gasteiger partial charge in [-0.1, -0.05) is 22.8 Å². The summed E-state index contributed by atoms with van der Waals surface area (Å²) in [5, 5.41) is 3.42. The molecule has 1 aromatic heterocycles. The molecule has 0 saturated heterocycles. The zero-order chi connectivity index (χ0) is 12.0. The van der Waals surface area contributed by atoms with Crippen LogP contribution in [0.5, 0.6) is 0 Å². The van der Waals surface area contributed by atoms with Crippen LogP contribution in [0.3, 0.4) is 0 Å². The number of rotatable bonds is 3. The second-order valence-corrected chi connectivity index (χ2v) is 2.95. The Morgan fingerprint density at radius 2 is 2.50 bits per heavy atom. The van der Waals surface area contributed by atoms with E-state index in [-0.39, 0.29) is 10.9 Å². The SMILES string of the molecule is COC(=O)/C(=C/c1cccnc1Cl)N=[N+]=[N-]. The number of hydrogen-bond acceptors (Lipinski definition) is 4. The summed E-state index contributed by atoms with van der Waals surface area (Å²) >= 11 is 5.77. The molecule has 0 atom stereocenters.